The first kappa shape index (κ1) is 32.4. The number of hydrogen-bond acceptors (Lipinski definition) is 8. The fourth-order valence-electron chi connectivity index (χ4n) is 7.51. The van der Waals surface area contributed by atoms with Crippen molar-refractivity contribution >= 4 is 16.1 Å². The molecule has 2 bridgehead atoms. The molecule has 2 aromatic rings. The third-order valence-electron chi connectivity index (χ3n) is 10.0. The van der Waals surface area contributed by atoms with Gasteiger partial charge in [-0.05, 0) is 61.9 Å². The van der Waals surface area contributed by atoms with E-state index in [0.717, 1.165) is 36.9 Å². The molecule has 2 aromatic carbocycles. The molecule has 0 radical (unpaired) electrons. The van der Waals surface area contributed by atoms with Gasteiger partial charge in [-0.15, -0.1) is 0 Å². The van der Waals surface area contributed by atoms with E-state index in [1.165, 1.54) is 4.31 Å². The number of amides is 1. The van der Waals surface area contributed by atoms with Gasteiger partial charge >= 0.3 is 6.09 Å². The number of alkyl carbamates (subject to hydrolysis) is 1. The van der Waals surface area contributed by atoms with E-state index in [0.29, 0.717) is 19.6 Å². The van der Waals surface area contributed by atoms with Crippen molar-refractivity contribution < 1.29 is 32.5 Å². The second-order valence-electron chi connectivity index (χ2n) is 13.8. The molecule has 4 unspecified atom stereocenters. The highest BCUT2D eigenvalue weighted by molar-refractivity contribution is 7.89. The molecule has 4 fully saturated rings. The van der Waals surface area contributed by atoms with Crippen LogP contribution in [-0.2, 0) is 36.1 Å². The van der Waals surface area contributed by atoms with Crippen molar-refractivity contribution in [3.8, 4) is 0 Å². The van der Waals surface area contributed by atoms with Crippen molar-refractivity contribution in [3.63, 3.8) is 0 Å². The topological polar surface area (TPSA) is 126 Å². The summed E-state index contributed by atoms with van der Waals surface area (Å²) in [6.07, 6.45) is 1.01. The zero-order chi connectivity index (χ0) is 31.8. The predicted octanol–water partition coefficient (Wildman–Crippen LogP) is 3.29. The van der Waals surface area contributed by atoms with Crippen LogP contribution in [0.2, 0.25) is 0 Å². The molecule has 1 amide bonds. The van der Waals surface area contributed by atoms with Gasteiger partial charge in [0, 0.05) is 42.8 Å². The zero-order valence-corrected chi connectivity index (χ0v) is 27.2. The lowest BCUT2D eigenvalue weighted by Crippen LogP contribution is -2.52. The maximum atomic E-state index is 14.0. The van der Waals surface area contributed by atoms with Gasteiger partial charge in [0.25, 0.3) is 0 Å². The van der Waals surface area contributed by atoms with Crippen molar-refractivity contribution in [1.82, 2.24) is 14.9 Å². The van der Waals surface area contributed by atoms with Crippen molar-refractivity contribution in [2.24, 2.45) is 23.7 Å². The van der Waals surface area contributed by atoms with Crippen molar-refractivity contribution in [1.29, 1.82) is 0 Å². The number of fused-ring (bicyclic) bond motifs is 1. The van der Waals surface area contributed by atoms with Gasteiger partial charge in [-0.1, -0.05) is 56.3 Å². The monoisotopic (exact) mass is 641 g/mol. The Balaban J connectivity index is 1.18. The Bertz CT molecular complexity index is 1420. The maximum absolute atomic E-state index is 14.0. The summed E-state index contributed by atoms with van der Waals surface area (Å²) in [6.45, 7) is 5.79. The number of carbonyl (C=O) groups is 1. The van der Waals surface area contributed by atoms with E-state index in [4.69, 9.17) is 14.2 Å². The maximum Gasteiger partial charge on any atom is 0.407 e. The number of sulfonamides is 1. The quantitative estimate of drug-likeness (QED) is 0.287. The molecule has 4 aliphatic rings. The lowest BCUT2D eigenvalue weighted by Gasteiger charge is -2.31. The molecular formula is C34H47N3O7S. The molecular weight excluding hydrogens is 594 g/mol. The summed E-state index contributed by atoms with van der Waals surface area (Å²) in [5.74, 6) is 0.462. The molecule has 2 saturated carbocycles. The number of benzene rings is 2. The van der Waals surface area contributed by atoms with Crippen molar-refractivity contribution in [2.75, 3.05) is 39.9 Å². The Morgan fingerprint density at radius 2 is 1.76 bits per heavy atom. The van der Waals surface area contributed by atoms with Crippen LogP contribution in [-0.4, -0.2) is 88.4 Å². The van der Waals surface area contributed by atoms with E-state index in [9.17, 15) is 18.3 Å². The average molecular weight is 642 g/mol. The lowest BCUT2D eigenvalue weighted by atomic mass is 9.96. The largest absolute Gasteiger partial charge is 0.445 e. The van der Waals surface area contributed by atoms with Gasteiger partial charge in [-0.25, -0.2) is 13.2 Å². The van der Waals surface area contributed by atoms with Gasteiger partial charge in [0.15, 0.2) is 6.29 Å². The Morgan fingerprint density at radius 3 is 2.42 bits per heavy atom. The third kappa shape index (κ3) is 6.94. The number of nitrogens with one attached hydrogen (secondary N) is 2. The van der Waals surface area contributed by atoms with Crippen molar-refractivity contribution in [2.45, 2.75) is 74.4 Å². The highest BCUT2D eigenvalue weighted by atomic mass is 32.2. The molecule has 246 valence electrons. The number of rotatable bonds is 14. The van der Waals surface area contributed by atoms with Crippen LogP contribution in [0.15, 0.2) is 59.5 Å². The second kappa shape index (κ2) is 13.3. The Morgan fingerprint density at radius 1 is 1.04 bits per heavy atom. The molecule has 2 saturated heterocycles. The molecule has 2 aliphatic carbocycles. The number of nitrogens with zero attached hydrogens (tertiary/aromatic N) is 1. The van der Waals surface area contributed by atoms with Gasteiger partial charge in [0.1, 0.15) is 6.10 Å². The van der Waals surface area contributed by atoms with E-state index < -0.39 is 28.3 Å². The molecule has 7 atom stereocenters. The van der Waals surface area contributed by atoms with E-state index in [1.54, 1.807) is 12.1 Å². The molecule has 3 N–H and O–H groups in total. The van der Waals surface area contributed by atoms with E-state index >= 15 is 0 Å². The first-order valence-corrected chi connectivity index (χ1v) is 17.7. The number of hydrogen-bond donors (Lipinski definition) is 3. The van der Waals surface area contributed by atoms with Crippen LogP contribution in [0.4, 0.5) is 4.79 Å². The average Bonchev–Trinajstić information content (AvgIpc) is 3.60. The van der Waals surface area contributed by atoms with Gasteiger partial charge in [0.2, 0.25) is 10.0 Å². The van der Waals surface area contributed by atoms with Gasteiger partial charge in [-0.2, -0.15) is 4.31 Å². The summed E-state index contributed by atoms with van der Waals surface area (Å²) in [4.78, 5) is 13.5. The van der Waals surface area contributed by atoms with Crippen LogP contribution in [0.3, 0.4) is 0 Å². The molecule has 2 aliphatic heterocycles. The Hall–Kier alpha value is -2.54. The minimum Gasteiger partial charge on any atom is -0.445 e. The highest BCUT2D eigenvalue weighted by Gasteiger charge is 2.56. The summed E-state index contributed by atoms with van der Waals surface area (Å²) >= 11 is 0. The summed E-state index contributed by atoms with van der Waals surface area (Å²) in [7, 11) is -2.00. The van der Waals surface area contributed by atoms with Crippen LogP contribution in [0.25, 0.3) is 0 Å². The minimum absolute atomic E-state index is 0.0171. The molecule has 45 heavy (non-hydrogen) atoms. The fraction of sp³-hybridized carbons (Fsp3) is 0.618. The van der Waals surface area contributed by atoms with E-state index in [2.05, 4.69) is 10.6 Å². The molecule has 6 rings (SSSR count). The minimum atomic E-state index is -3.93. The number of aliphatic hydroxyl groups excluding tert-OH is 1. The van der Waals surface area contributed by atoms with Crippen LogP contribution < -0.4 is 10.6 Å². The van der Waals surface area contributed by atoms with Crippen LogP contribution >= 0.6 is 0 Å². The standard InChI is InChI=1S/C34H47N3O7S/c1-22(2)17-37(45(40,41)26-11-9-25(10-12-26)34(13-14-34)21-35-3)18-30(38)29(15-23-7-5-4-6-8-23)36-33(39)44-31-24-16-27-28(31)20-43-32(27)42-19-24/h4-12,22,24,27-32,35,38H,13-21H2,1-3H3,(H,36,39)/t24-,27?,28?,29+,30-,31?,32?/m1/s1. The molecule has 11 heteroatoms. The number of likely N-dealkylation sites (N-methyl/N-ethyl adjacent to an activating group) is 1. The van der Waals surface area contributed by atoms with Crippen LogP contribution in [0.1, 0.15) is 44.2 Å². The fourth-order valence-corrected chi connectivity index (χ4v) is 9.13. The van der Waals surface area contributed by atoms with Crippen LogP contribution in [0.5, 0.6) is 0 Å². The first-order chi connectivity index (χ1) is 21.6. The lowest BCUT2D eigenvalue weighted by molar-refractivity contribution is -0.169. The summed E-state index contributed by atoms with van der Waals surface area (Å²) in [6, 6.07) is 15.9. The second-order valence-corrected chi connectivity index (χ2v) is 15.7. The first-order valence-electron chi connectivity index (χ1n) is 16.3. The molecule has 0 aromatic heterocycles. The van der Waals surface area contributed by atoms with Crippen LogP contribution in [0, 0.1) is 23.7 Å². The van der Waals surface area contributed by atoms with Gasteiger partial charge < -0.3 is 30.0 Å². The number of carbonyl (C=O) groups excluding carboxylic acids is 1. The number of aliphatic hydroxyl groups is 1. The highest BCUT2D eigenvalue weighted by Crippen LogP contribution is 2.49. The summed E-state index contributed by atoms with van der Waals surface area (Å²) in [5, 5.41) is 17.8. The molecule has 2 heterocycles. The smallest absolute Gasteiger partial charge is 0.407 e. The predicted molar refractivity (Wildman–Crippen MR) is 169 cm³/mol. The van der Waals surface area contributed by atoms with E-state index in [1.807, 2.05) is 63.4 Å². The third-order valence-corrected chi connectivity index (χ3v) is 11.9. The Kier molecular flexibility index (Phi) is 9.57. The normalized spacial score (nSPS) is 27.8. The van der Waals surface area contributed by atoms with Gasteiger partial charge in [0.05, 0.1) is 30.3 Å². The number of ether oxygens (including phenoxy) is 3. The van der Waals surface area contributed by atoms with E-state index in [-0.39, 0.29) is 59.5 Å². The summed E-state index contributed by atoms with van der Waals surface area (Å²) < 4.78 is 46.9. The molecule has 10 nitrogen and oxygen atoms in total. The molecule has 0 spiro atoms. The van der Waals surface area contributed by atoms with Crippen molar-refractivity contribution in [3.05, 3.63) is 65.7 Å². The summed E-state index contributed by atoms with van der Waals surface area (Å²) in [5.41, 5.74) is 2.12. The zero-order valence-electron chi connectivity index (χ0n) is 26.4. The Labute approximate surface area is 266 Å². The van der Waals surface area contributed by atoms with Gasteiger partial charge in [-0.3, -0.25) is 0 Å². The SMILES string of the molecule is CNCC1(c2ccc(S(=O)(=O)N(CC(C)C)C[C@@H](O)[C@H](Cc3ccccc3)NC(=O)OC3C4COC5OC[C@H]3CC54)cc2)CC1.